The SMILES string of the molecule is CC.CN(C)CCOc1c(Cl)cc(N)cc1Cl. The summed E-state index contributed by atoms with van der Waals surface area (Å²) < 4.78 is 5.47. The predicted octanol–water partition coefficient (Wildman–Crippen LogP) is 3.54. The van der Waals surface area contributed by atoms with Gasteiger partial charge in [-0.3, -0.25) is 0 Å². The van der Waals surface area contributed by atoms with Crippen LogP contribution in [0.2, 0.25) is 10.0 Å². The number of anilines is 1. The van der Waals surface area contributed by atoms with Gasteiger partial charge < -0.3 is 15.4 Å². The average Bonchev–Trinajstić information content (AvgIpc) is 2.24. The quantitative estimate of drug-likeness (QED) is 0.857. The molecule has 0 aromatic heterocycles. The van der Waals surface area contributed by atoms with Gasteiger partial charge in [0.05, 0.1) is 10.0 Å². The summed E-state index contributed by atoms with van der Waals surface area (Å²) in [5, 5.41) is 0.887. The van der Waals surface area contributed by atoms with Crippen LogP contribution >= 0.6 is 23.2 Å². The lowest BCUT2D eigenvalue weighted by molar-refractivity contribution is 0.261. The largest absolute Gasteiger partial charge is 0.489 e. The fourth-order valence-electron chi connectivity index (χ4n) is 1.05. The van der Waals surface area contributed by atoms with E-state index in [0.717, 1.165) is 6.54 Å². The van der Waals surface area contributed by atoms with Crippen LogP contribution in [-0.4, -0.2) is 32.1 Å². The van der Waals surface area contributed by atoms with Crippen LogP contribution in [0.25, 0.3) is 0 Å². The normalized spacial score (nSPS) is 9.82. The van der Waals surface area contributed by atoms with Gasteiger partial charge in [-0.05, 0) is 26.2 Å². The zero-order valence-electron chi connectivity index (χ0n) is 10.8. The van der Waals surface area contributed by atoms with E-state index in [0.29, 0.717) is 28.1 Å². The Balaban J connectivity index is 0.00000121. The van der Waals surface area contributed by atoms with Crippen LogP contribution < -0.4 is 10.5 Å². The highest BCUT2D eigenvalue weighted by Crippen LogP contribution is 2.34. The number of halogens is 2. The van der Waals surface area contributed by atoms with E-state index in [1.165, 1.54) is 0 Å². The van der Waals surface area contributed by atoms with E-state index >= 15 is 0 Å². The molecule has 3 nitrogen and oxygen atoms in total. The second kappa shape index (κ2) is 8.45. The molecular formula is C12H20Cl2N2O. The Morgan fingerprint density at radius 3 is 2.06 bits per heavy atom. The summed E-state index contributed by atoms with van der Waals surface area (Å²) in [5.74, 6) is 0.495. The number of nitrogens with two attached hydrogens (primary N) is 1. The van der Waals surface area contributed by atoms with Crippen molar-refractivity contribution in [1.82, 2.24) is 4.90 Å². The highest BCUT2D eigenvalue weighted by molar-refractivity contribution is 6.37. The second-order valence-electron chi connectivity index (χ2n) is 3.47. The standard InChI is InChI=1S/C10H14Cl2N2O.C2H6/c1-14(2)3-4-15-10-8(11)5-7(13)6-9(10)12;1-2/h5-6H,3-4,13H2,1-2H3;1-2H3. The molecule has 0 saturated carbocycles. The van der Waals surface area contributed by atoms with Gasteiger partial charge in [0, 0.05) is 12.2 Å². The smallest absolute Gasteiger partial charge is 0.156 e. The molecule has 0 fully saturated rings. The van der Waals surface area contributed by atoms with Gasteiger partial charge in [0.25, 0.3) is 0 Å². The minimum atomic E-state index is 0.443. The molecule has 0 saturated heterocycles. The summed E-state index contributed by atoms with van der Waals surface area (Å²) >= 11 is 11.9. The molecule has 5 heteroatoms. The van der Waals surface area contributed by atoms with Crippen LogP contribution in [0, 0.1) is 0 Å². The number of benzene rings is 1. The zero-order valence-corrected chi connectivity index (χ0v) is 12.3. The van der Waals surface area contributed by atoms with Gasteiger partial charge >= 0.3 is 0 Å². The van der Waals surface area contributed by atoms with E-state index in [9.17, 15) is 0 Å². The van der Waals surface area contributed by atoms with Gasteiger partial charge in [0.1, 0.15) is 6.61 Å². The van der Waals surface area contributed by atoms with E-state index in [2.05, 4.69) is 0 Å². The first kappa shape index (κ1) is 16.4. The van der Waals surface area contributed by atoms with Crippen LogP contribution in [0.3, 0.4) is 0 Å². The fourth-order valence-corrected chi connectivity index (χ4v) is 1.66. The highest BCUT2D eigenvalue weighted by atomic mass is 35.5. The molecule has 17 heavy (non-hydrogen) atoms. The first-order valence-electron chi connectivity index (χ1n) is 5.52. The molecule has 0 bridgehead atoms. The Bertz CT molecular complexity index is 320. The Labute approximate surface area is 113 Å². The number of likely N-dealkylation sites (N-methyl/N-ethyl adjacent to an activating group) is 1. The molecule has 1 aromatic rings. The zero-order chi connectivity index (χ0) is 13.4. The third-order valence-corrected chi connectivity index (χ3v) is 2.37. The van der Waals surface area contributed by atoms with Gasteiger partial charge in [-0.2, -0.15) is 0 Å². The van der Waals surface area contributed by atoms with Crippen LogP contribution in [0.5, 0.6) is 5.75 Å². The molecule has 1 rings (SSSR count). The Morgan fingerprint density at radius 1 is 1.18 bits per heavy atom. The maximum absolute atomic E-state index is 5.95. The summed E-state index contributed by atoms with van der Waals surface area (Å²) in [6.07, 6.45) is 0. The molecule has 0 aliphatic heterocycles. The molecule has 0 radical (unpaired) electrons. The molecule has 0 heterocycles. The van der Waals surface area contributed by atoms with Crippen molar-refractivity contribution in [3.63, 3.8) is 0 Å². The lowest BCUT2D eigenvalue weighted by Gasteiger charge is -2.13. The third kappa shape index (κ3) is 6.01. The maximum atomic E-state index is 5.95. The highest BCUT2D eigenvalue weighted by Gasteiger charge is 2.08. The van der Waals surface area contributed by atoms with Crippen molar-refractivity contribution in [3.8, 4) is 5.75 Å². The summed E-state index contributed by atoms with van der Waals surface area (Å²) in [5.41, 5.74) is 6.10. The lowest BCUT2D eigenvalue weighted by atomic mass is 10.3. The molecule has 0 unspecified atom stereocenters. The van der Waals surface area contributed by atoms with Gasteiger partial charge in [0.2, 0.25) is 0 Å². The van der Waals surface area contributed by atoms with Gasteiger partial charge in [-0.15, -0.1) is 0 Å². The number of nitrogen functional groups attached to an aromatic ring is 1. The first-order valence-corrected chi connectivity index (χ1v) is 6.28. The minimum Gasteiger partial charge on any atom is -0.489 e. The molecule has 0 amide bonds. The Hall–Kier alpha value is -0.640. The van der Waals surface area contributed by atoms with Crippen molar-refractivity contribution in [3.05, 3.63) is 22.2 Å². The summed E-state index contributed by atoms with van der Waals surface area (Å²) in [7, 11) is 3.94. The maximum Gasteiger partial charge on any atom is 0.156 e. The molecule has 0 spiro atoms. The minimum absolute atomic E-state index is 0.443. The van der Waals surface area contributed by atoms with Crippen LogP contribution in [0.4, 0.5) is 5.69 Å². The van der Waals surface area contributed by atoms with E-state index in [-0.39, 0.29) is 0 Å². The topological polar surface area (TPSA) is 38.5 Å². The van der Waals surface area contributed by atoms with Gasteiger partial charge in [-0.1, -0.05) is 37.0 Å². The van der Waals surface area contributed by atoms with Crippen LogP contribution in [-0.2, 0) is 0 Å². The number of rotatable bonds is 4. The fraction of sp³-hybridized carbons (Fsp3) is 0.500. The third-order valence-electron chi connectivity index (χ3n) is 1.81. The molecule has 2 N–H and O–H groups in total. The molecule has 0 atom stereocenters. The van der Waals surface area contributed by atoms with Crippen molar-refractivity contribution in [2.45, 2.75) is 13.8 Å². The molecule has 1 aromatic carbocycles. The second-order valence-corrected chi connectivity index (χ2v) is 4.28. The summed E-state index contributed by atoms with van der Waals surface area (Å²) in [6.45, 7) is 5.34. The van der Waals surface area contributed by atoms with Crippen molar-refractivity contribution >= 4 is 28.9 Å². The number of ether oxygens (including phenoxy) is 1. The van der Waals surface area contributed by atoms with Gasteiger partial charge in [-0.25, -0.2) is 0 Å². The van der Waals surface area contributed by atoms with E-state index < -0.39 is 0 Å². The van der Waals surface area contributed by atoms with Crippen molar-refractivity contribution in [2.75, 3.05) is 33.0 Å². The summed E-state index contributed by atoms with van der Waals surface area (Å²) in [6, 6.07) is 3.25. The van der Waals surface area contributed by atoms with E-state index in [1.54, 1.807) is 12.1 Å². The average molecular weight is 279 g/mol. The lowest BCUT2D eigenvalue weighted by Crippen LogP contribution is -2.19. The van der Waals surface area contributed by atoms with Crippen LogP contribution in [0.15, 0.2) is 12.1 Å². The summed E-state index contributed by atoms with van der Waals surface area (Å²) in [4.78, 5) is 2.01. The van der Waals surface area contributed by atoms with Crippen molar-refractivity contribution < 1.29 is 4.74 Å². The number of hydrogen-bond acceptors (Lipinski definition) is 3. The van der Waals surface area contributed by atoms with E-state index in [1.807, 2.05) is 32.8 Å². The molecular weight excluding hydrogens is 259 g/mol. The predicted molar refractivity (Wildman–Crippen MR) is 76.3 cm³/mol. The monoisotopic (exact) mass is 278 g/mol. The molecule has 98 valence electrons. The van der Waals surface area contributed by atoms with Crippen LogP contribution in [0.1, 0.15) is 13.8 Å². The van der Waals surface area contributed by atoms with Gasteiger partial charge in [0.15, 0.2) is 5.75 Å². The Kier molecular flexibility index (Phi) is 8.13. The van der Waals surface area contributed by atoms with Crippen molar-refractivity contribution in [1.29, 1.82) is 0 Å². The first-order chi connectivity index (χ1) is 8.00. The number of nitrogens with zero attached hydrogens (tertiary/aromatic N) is 1. The molecule has 0 aliphatic rings. The van der Waals surface area contributed by atoms with E-state index in [4.69, 9.17) is 33.7 Å². The Morgan fingerprint density at radius 2 is 1.65 bits per heavy atom. The number of hydrogen-bond donors (Lipinski definition) is 1. The molecule has 0 aliphatic carbocycles. The van der Waals surface area contributed by atoms with Crippen molar-refractivity contribution in [2.24, 2.45) is 0 Å².